The van der Waals surface area contributed by atoms with E-state index in [0.29, 0.717) is 10.5 Å². The van der Waals surface area contributed by atoms with Crippen LogP contribution in [0.3, 0.4) is 0 Å². The first kappa shape index (κ1) is 10.0. The Morgan fingerprint density at radius 2 is 2.33 bits per heavy atom. The van der Waals surface area contributed by atoms with Crippen molar-refractivity contribution >= 4 is 27.2 Å². The van der Waals surface area contributed by atoms with Crippen molar-refractivity contribution in [2.75, 3.05) is 0 Å². The van der Waals surface area contributed by atoms with Crippen LogP contribution in [0.2, 0.25) is 0 Å². The van der Waals surface area contributed by atoms with Crippen LogP contribution in [0, 0.1) is 10.1 Å². The molecule has 0 aliphatic rings. The lowest BCUT2D eigenvalue weighted by atomic mass is 10.3. The van der Waals surface area contributed by atoms with Crippen molar-refractivity contribution in [3.05, 3.63) is 33.3 Å². The molecule has 0 fully saturated rings. The van der Waals surface area contributed by atoms with Gasteiger partial charge < -0.3 is 5.11 Å². The summed E-state index contributed by atoms with van der Waals surface area (Å²) in [5.41, 5.74) is 0.727. The zero-order chi connectivity index (χ0) is 11.0. The maximum atomic E-state index is 10.5. The Hall–Kier alpha value is -1.53. The van der Waals surface area contributed by atoms with E-state index in [1.54, 1.807) is 13.0 Å². The largest absolute Gasteiger partial charge is 0.386 e. The molecule has 0 radical (unpaired) electrons. The number of non-ortho nitro benzene ring substituents is 1. The van der Waals surface area contributed by atoms with Gasteiger partial charge in [-0.05, 0) is 13.0 Å². The van der Waals surface area contributed by atoms with Crippen LogP contribution in [0.1, 0.15) is 18.0 Å². The Morgan fingerprint density at radius 3 is 2.93 bits per heavy atom. The van der Waals surface area contributed by atoms with Gasteiger partial charge in [0, 0.05) is 12.1 Å². The summed E-state index contributed by atoms with van der Waals surface area (Å²) in [6.45, 7) is 1.62. The van der Waals surface area contributed by atoms with E-state index in [2.05, 4.69) is 4.98 Å². The van der Waals surface area contributed by atoms with E-state index in [1.807, 2.05) is 0 Å². The molecule has 15 heavy (non-hydrogen) atoms. The molecule has 0 spiro atoms. The third-order valence-corrected chi connectivity index (χ3v) is 3.15. The molecule has 6 heteroatoms. The SMILES string of the molecule is CC(O)c1nc2ccc([N+](=O)[O-])cc2s1. The average Bonchev–Trinajstić information content (AvgIpc) is 2.59. The minimum absolute atomic E-state index is 0.0447. The number of benzene rings is 1. The number of thiazole rings is 1. The first-order valence-corrected chi connectivity index (χ1v) is 5.12. The van der Waals surface area contributed by atoms with Gasteiger partial charge in [-0.1, -0.05) is 0 Å². The van der Waals surface area contributed by atoms with Crippen LogP contribution in [-0.2, 0) is 0 Å². The van der Waals surface area contributed by atoms with E-state index in [1.165, 1.54) is 23.5 Å². The van der Waals surface area contributed by atoms with Gasteiger partial charge >= 0.3 is 0 Å². The number of fused-ring (bicyclic) bond motifs is 1. The van der Waals surface area contributed by atoms with Crippen LogP contribution < -0.4 is 0 Å². The van der Waals surface area contributed by atoms with Crippen LogP contribution in [-0.4, -0.2) is 15.0 Å². The molecule has 0 aliphatic heterocycles. The second kappa shape index (κ2) is 3.56. The topological polar surface area (TPSA) is 76.3 Å². The van der Waals surface area contributed by atoms with Crippen LogP contribution in [0.15, 0.2) is 18.2 Å². The first-order chi connectivity index (χ1) is 7.08. The molecule has 2 rings (SSSR count). The summed E-state index contributed by atoms with van der Waals surface area (Å²) in [4.78, 5) is 14.2. The van der Waals surface area contributed by atoms with E-state index in [-0.39, 0.29) is 5.69 Å². The Bertz CT molecular complexity index is 521. The second-order valence-corrected chi connectivity index (χ2v) is 4.20. The van der Waals surface area contributed by atoms with Crippen LogP contribution >= 0.6 is 11.3 Å². The summed E-state index contributed by atoms with van der Waals surface area (Å²) in [5, 5.41) is 20.4. The number of hydrogen-bond acceptors (Lipinski definition) is 5. The lowest BCUT2D eigenvalue weighted by molar-refractivity contribution is -0.384. The normalized spacial score (nSPS) is 12.9. The highest BCUT2D eigenvalue weighted by molar-refractivity contribution is 7.18. The Labute approximate surface area is 89.2 Å². The number of aliphatic hydroxyl groups excluding tert-OH is 1. The summed E-state index contributed by atoms with van der Waals surface area (Å²) in [7, 11) is 0. The van der Waals surface area contributed by atoms with Crippen molar-refractivity contribution < 1.29 is 10.0 Å². The van der Waals surface area contributed by atoms with Crippen molar-refractivity contribution in [2.45, 2.75) is 13.0 Å². The molecule has 1 atom stereocenters. The number of aliphatic hydroxyl groups is 1. The Kier molecular flexibility index (Phi) is 2.37. The number of nitro benzene ring substituents is 1. The minimum Gasteiger partial charge on any atom is -0.386 e. The summed E-state index contributed by atoms with van der Waals surface area (Å²) in [5.74, 6) is 0. The van der Waals surface area contributed by atoms with Gasteiger partial charge in [-0.2, -0.15) is 0 Å². The fourth-order valence-corrected chi connectivity index (χ4v) is 2.16. The molecule has 0 aliphatic carbocycles. The van der Waals surface area contributed by atoms with Gasteiger partial charge in [-0.25, -0.2) is 4.98 Å². The zero-order valence-corrected chi connectivity index (χ0v) is 8.69. The standard InChI is InChI=1S/C9H8N2O3S/c1-5(12)9-10-7-3-2-6(11(13)14)4-8(7)15-9/h2-5,12H,1H3. The van der Waals surface area contributed by atoms with E-state index in [4.69, 9.17) is 0 Å². The van der Waals surface area contributed by atoms with Crippen molar-refractivity contribution in [3.63, 3.8) is 0 Å². The van der Waals surface area contributed by atoms with Gasteiger partial charge in [-0.3, -0.25) is 10.1 Å². The number of aromatic nitrogens is 1. The lowest BCUT2D eigenvalue weighted by Gasteiger charge is -1.93. The quantitative estimate of drug-likeness (QED) is 0.627. The second-order valence-electron chi connectivity index (χ2n) is 3.14. The van der Waals surface area contributed by atoms with E-state index < -0.39 is 11.0 Å². The molecule has 0 saturated heterocycles. The molecular formula is C9H8N2O3S. The molecule has 1 unspecified atom stereocenters. The number of rotatable bonds is 2. The van der Waals surface area contributed by atoms with Crippen molar-refractivity contribution in [1.82, 2.24) is 4.98 Å². The smallest absolute Gasteiger partial charge is 0.270 e. The van der Waals surface area contributed by atoms with Gasteiger partial charge in [0.25, 0.3) is 5.69 Å². The fourth-order valence-electron chi connectivity index (χ4n) is 1.22. The molecule has 0 bridgehead atoms. The molecule has 0 saturated carbocycles. The summed E-state index contributed by atoms with van der Waals surface area (Å²) < 4.78 is 0.722. The van der Waals surface area contributed by atoms with Gasteiger partial charge in [0.05, 0.1) is 15.1 Å². The van der Waals surface area contributed by atoms with Gasteiger partial charge in [-0.15, -0.1) is 11.3 Å². The predicted octanol–water partition coefficient (Wildman–Crippen LogP) is 2.26. The molecule has 1 heterocycles. The molecule has 5 nitrogen and oxygen atoms in total. The van der Waals surface area contributed by atoms with Gasteiger partial charge in [0.1, 0.15) is 11.1 Å². The minimum atomic E-state index is -0.638. The maximum absolute atomic E-state index is 10.5. The van der Waals surface area contributed by atoms with E-state index in [9.17, 15) is 15.2 Å². The summed E-state index contributed by atoms with van der Waals surface area (Å²) >= 11 is 1.27. The molecule has 1 aromatic heterocycles. The lowest BCUT2D eigenvalue weighted by Crippen LogP contribution is -1.87. The molecule has 2 aromatic rings. The molecular weight excluding hydrogens is 216 g/mol. The monoisotopic (exact) mass is 224 g/mol. The van der Waals surface area contributed by atoms with Crippen LogP contribution in [0.4, 0.5) is 5.69 Å². The highest BCUT2D eigenvalue weighted by Gasteiger charge is 2.12. The van der Waals surface area contributed by atoms with Gasteiger partial charge in [0.15, 0.2) is 0 Å². The number of nitrogens with zero attached hydrogens (tertiary/aromatic N) is 2. The number of hydrogen-bond donors (Lipinski definition) is 1. The predicted molar refractivity (Wildman–Crippen MR) is 56.9 cm³/mol. The molecule has 1 aromatic carbocycles. The van der Waals surface area contributed by atoms with Crippen molar-refractivity contribution in [3.8, 4) is 0 Å². The van der Waals surface area contributed by atoms with Gasteiger partial charge in [0.2, 0.25) is 0 Å². The maximum Gasteiger partial charge on any atom is 0.270 e. The van der Waals surface area contributed by atoms with E-state index in [0.717, 1.165) is 4.70 Å². The first-order valence-electron chi connectivity index (χ1n) is 4.31. The molecule has 78 valence electrons. The molecule has 1 N–H and O–H groups in total. The molecule has 0 amide bonds. The zero-order valence-electron chi connectivity index (χ0n) is 7.88. The summed E-state index contributed by atoms with van der Waals surface area (Å²) in [6, 6.07) is 4.47. The third kappa shape index (κ3) is 1.81. The summed E-state index contributed by atoms with van der Waals surface area (Å²) in [6.07, 6.45) is -0.638. The Balaban J connectivity index is 2.57. The third-order valence-electron chi connectivity index (χ3n) is 1.96. The van der Waals surface area contributed by atoms with Crippen LogP contribution in [0.5, 0.6) is 0 Å². The van der Waals surface area contributed by atoms with Crippen molar-refractivity contribution in [2.24, 2.45) is 0 Å². The Morgan fingerprint density at radius 1 is 1.60 bits per heavy atom. The van der Waals surface area contributed by atoms with Crippen LogP contribution in [0.25, 0.3) is 10.2 Å². The van der Waals surface area contributed by atoms with Crippen molar-refractivity contribution in [1.29, 1.82) is 0 Å². The fraction of sp³-hybridized carbons (Fsp3) is 0.222. The average molecular weight is 224 g/mol. The highest BCUT2D eigenvalue weighted by atomic mass is 32.1. The highest BCUT2D eigenvalue weighted by Crippen LogP contribution is 2.28. The number of nitro groups is 1. The van der Waals surface area contributed by atoms with E-state index >= 15 is 0 Å².